The van der Waals surface area contributed by atoms with Crippen molar-refractivity contribution in [2.75, 3.05) is 46.7 Å². The van der Waals surface area contributed by atoms with Gasteiger partial charge < -0.3 is 25.4 Å². The Balaban J connectivity index is 1.37. The molecule has 0 saturated carbocycles. The van der Waals surface area contributed by atoms with Gasteiger partial charge in [-0.05, 0) is 47.0 Å². The fraction of sp³-hybridized carbons (Fsp3) is 0.276. The van der Waals surface area contributed by atoms with E-state index in [1.165, 1.54) is 12.4 Å². The Morgan fingerprint density at radius 3 is 2.53 bits per heavy atom. The summed E-state index contributed by atoms with van der Waals surface area (Å²) in [5.41, 5.74) is 5.04. The van der Waals surface area contributed by atoms with Crippen molar-refractivity contribution in [2.24, 2.45) is 7.05 Å². The molecule has 14 nitrogen and oxygen atoms in total. The minimum absolute atomic E-state index is 0.242. The maximum atomic E-state index is 12.2. The lowest BCUT2D eigenvalue weighted by atomic mass is 10.0. The number of aromatic nitrogens is 6. The molecule has 1 fully saturated rings. The standard InChI is InChI=1S/C29H31BrN10O4S/c1-39-16-17(14-34-39)19-12-23(25(44-2)13-24(19)40-10-6-18(41)7-11-40)36-29-33-15-20(30)28(37-29)35-22-5-4-21-26(32-9-8-31-21)27(22)38-45(3,42)43/h4-5,8-9,12-16,18,38,41H,6-7,10-11H2,1-3H3,(H2,33,35,36,37). The predicted octanol–water partition coefficient (Wildman–Crippen LogP) is 4.41. The summed E-state index contributed by atoms with van der Waals surface area (Å²) >= 11 is 3.50. The molecule has 16 heteroatoms. The van der Waals surface area contributed by atoms with E-state index >= 15 is 0 Å². The Hall–Kier alpha value is -4.54. The highest BCUT2D eigenvalue weighted by molar-refractivity contribution is 9.10. The number of nitrogens with zero attached hydrogens (tertiary/aromatic N) is 7. The normalized spacial score (nSPS) is 14.0. The lowest BCUT2D eigenvalue weighted by Gasteiger charge is -2.33. The average molecular weight is 696 g/mol. The number of anilines is 6. The number of benzene rings is 2. The summed E-state index contributed by atoms with van der Waals surface area (Å²) in [7, 11) is -0.174. The van der Waals surface area contributed by atoms with Gasteiger partial charge in [0, 0.05) is 67.8 Å². The van der Waals surface area contributed by atoms with Crippen molar-refractivity contribution in [3.63, 3.8) is 0 Å². The van der Waals surface area contributed by atoms with Crippen LogP contribution in [0.2, 0.25) is 0 Å². The summed E-state index contributed by atoms with van der Waals surface area (Å²) in [6.45, 7) is 1.43. The Labute approximate surface area is 268 Å². The number of aryl methyl sites for hydroxylation is 1. The molecule has 0 amide bonds. The molecule has 0 unspecified atom stereocenters. The number of fused-ring (bicyclic) bond motifs is 1. The highest BCUT2D eigenvalue weighted by Gasteiger charge is 2.23. The average Bonchev–Trinajstić information content (AvgIpc) is 3.45. The third kappa shape index (κ3) is 6.77. The van der Waals surface area contributed by atoms with Gasteiger partial charge in [-0.1, -0.05) is 0 Å². The van der Waals surface area contributed by atoms with E-state index in [2.05, 4.69) is 61.2 Å². The van der Waals surface area contributed by atoms with E-state index in [1.54, 1.807) is 30.1 Å². The fourth-order valence-electron chi connectivity index (χ4n) is 5.19. The highest BCUT2D eigenvalue weighted by atomic mass is 79.9. The summed E-state index contributed by atoms with van der Waals surface area (Å²) in [6, 6.07) is 7.39. The zero-order valence-electron chi connectivity index (χ0n) is 24.7. The van der Waals surface area contributed by atoms with E-state index in [4.69, 9.17) is 4.74 Å². The van der Waals surface area contributed by atoms with Gasteiger partial charge in [-0.15, -0.1) is 0 Å². The SMILES string of the molecule is COc1cc(N2CCC(O)CC2)c(-c2cnn(C)c2)cc1Nc1ncc(Br)c(Nc2ccc3nccnc3c2NS(C)(=O)=O)n1. The van der Waals surface area contributed by atoms with E-state index in [9.17, 15) is 13.5 Å². The van der Waals surface area contributed by atoms with Gasteiger partial charge in [0.05, 0.1) is 52.7 Å². The van der Waals surface area contributed by atoms with E-state index in [0.29, 0.717) is 64.4 Å². The van der Waals surface area contributed by atoms with Crippen molar-refractivity contribution in [3.05, 3.63) is 59.7 Å². The molecule has 0 aliphatic carbocycles. The highest BCUT2D eigenvalue weighted by Crippen LogP contribution is 2.41. The number of aliphatic hydroxyl groups is 1. The van der Waals surface area contributed by atoms with Gasteiger partial charge in [-0.25, -0.2) is 13.4 Å². The van der Waals surface area contributed by atoms with Gasteiger partial charge in [0.15, 0.2) is 0 Å². The zero-order valence-corrected chi connectivity index (χ0v) is 27.1. The van der Waals surface area contributed by atoms with Gasteiger partial charge in [0.25, 0.3) is 0 Å². The number of sulfonamides is 1. The molecular weight excluding hydrogens is 664 g/mol. The Bertz CT molecular complexity index is 1980. The fourth-order valence-corrected chi connectivity index (χ4v) is 6.06. The minimum atomic E-state index is -3.64. The van der Waals surface area contributed by atoms with Crippen LogP contribution in [0.1, 0.15) is 12.8 Å². The Morgan fingerprint density at radius 1 is 1.04 bits per heavy atom. The molecule has 1 aliphatic rings. The number of aliphatic hydroxyl groups excluding tert-OH is 1. The van der Waals surface area contributed by atoms with Crippen LogP contribution >= 0.6 is 15.9 Å². The molecule has 1 saturated heterocycles. The van der Waals surface area contributed by atoms with Gasteiger partial charge in [-0.2, -0.15) is 10.1 Å². The molecule has 1 aliphatic heterocycles. The number of nitrogens with one attached hydrogen (secondary N) is 3. The monoisotopic (exact) mass is 694 g/mol. The lowest BCUT2D eigenvalue weighted by Crippen LogP contribution is -2.36. The van der Waals surface area contributed by atoms with Crippen LogP contribution in [0.3, 0.4) is 0 Å². The first-order chi connectivity index (χ1) is 21.6. The quantitative estimate of drug-likeness (QED) is 0.171. The molecule has 0 atom stereocenters. The van der Waals surface area contributed by atoms with Crippen LogP contribution in [-0.2, 0) is 17.1 Å². The molecule has 2 aromatic carbocycles. The summed E-state index contributed by atoms with van der Waals surface area (Å²) in [5.74, 6) is 1.22. The van der Waals surface area contributed by atoms with Crippen molar-refractivity contribution < 1.29 is 18.3 Å². The second kappa shape index (κ2) is 12.5. The molecule has 6 rings (SSSR count). The van der Waals surface area contributed by atoms with Crippen molar-refractivity contribution >= 4 is 71.5 Å². The third-order valence-corrected chi connectivity index (χ3v) is 8.47. The largest absolute Gasteiger partial charge is 0.494 e. The van der Waals surface area contributed by atoms with Crippen LogP contribution in [0.15, 0.2) is 59.7 Å². The number of hydrogen-bond acceptors (Lipinski definition) is 12. The number of hydrogen-bond donors (Lipinski definition) is 4. The molecule has 5 aromatic rings. The smallest absolute Gasteiger partial charge is 0.229 e. The molecule has 234 valence electrons. The maximum Gasteiger partial charge on any atom is 0.229 e. The van der Waals surface area contributed by atoms with E-state index < -0.39 is 10.0 Å². The maximum absolute atomic E-state index is 12.2. The first-order valence-corrected chi connectivity index (χ1v) is 16.7. The Morgan fingerprint density at radius 2 is 1.82 bits per heavy atom. The summed E-state index contributed by atoms with van der Waals surface area (Å²) in [5, 5.41) is 20.9. The molecule has 4 heterocycles. The second-order valence-electron chi connectivity index (χ2n) is 10.6. The molecule has 0 spiro atoms. The summed E-state index contributed by atoms with van der Waals surface area (Å²) < 4.78 is 35.1. The van der Waals surface area contributed by atoms with Gasteiger partial charge in [0.1, 0.15) is 17.1 Å². The third-order valence-electron chi connectivity index (χ3n) is 7.31. The van der Waals surface area contributed by atoms with E-state index in [1.807, 2.05) is 31.6 Å². The van der Waals surface area contributed by atoms with Crippen LogP contribution in [0, 0.1) is 0 Å². The molecule has 45 heavy (non-hydrogen) atoms. The van der Waals surface area contributed by atoms with E-state index in [0.717, 1.165) is 23.1 Å². The van der Waals surface area contributed by atoms with Gasteiger partial charge in [-0.3, -0.25) is 19.4 Å². The molecule has 0 bridgehead atoms. The number of ether oxygens (including phenoxy) is 1. The lowest BCUT2D eigenvalue weighted by molar-refractivity contribution is 0.145. The number of piperidine rings is 1. The van der Waals surface area contributed by atoms with Crippen molar-refractivity contribution in [1.82, 2.24) is 29.7 Å². The van der Waals surface area contributed by atoms with Crippen molar-refractivity contribution in [3.8, 4) is 16.9 Å². The molecule has 0 radical (unpaired) electrons. The van der Waals surface area contributed by atoms with Crippen LogP contribution in [0.4, 0.5) is 34.5 Å². The number of rotatable bonds is 9. The van der Waals surface area contributed by atoms with Crippen LogP contribution in [-0.4, -0.2) is 75.8 Å². The van der Waals surface area contributed by atoms with Crippen LogP contribution in [0.5, 0.6) is 5.75 Å². The minimum Gasteiger partial charge on any atom is -0.494 e. The summed E-state index contributed by atoms with van der Waals surface area (Å²) in [4.78, 5) is 20.0. The summed E-state index contributed by atoms with van der Waals surface area (Å²) in [6.07, 6.45) is 10.5. The predicted molar refractivity (Wildman–Crippen MR) is 177 cm³/mol. The number of halogens is 1. The molecule has 4 N–H and O–H groups in total. The topological polar surface area (TPSA) is 172 Å². The van der Waals surface area contributed by atoms with Gasteiger partial charge >= 0.3 is 0 Å². The van der Waals surface area contributed by atoms with Crippen molar-refractivity contribution in [1.29, 1.82) is 0 Å². The Kier molecular flexibility index (Phi) is 8.44. The van der Waals surface area contributed by atoms with E-state index in [-0.39, 0.29) is 17.7 Å². The van der Waals surface area contributed by atoms with Crippen LogP contribution in [0.25, 0.3) is 22.2 Å². The second-order valence-corrected chi connectivity index (χ2v) is 13.2. The zero-order chi connectivity index (χ0) is 31.7. The van der Waals surface area contributed by atoms with Crippen molar-refractivity contribution in [2.45, 2.75) is 18.9 Å². The van der Waals surface area contributed by atoms with Gasteiger partial charge in [0.2, 0.25) is 16.0 Å². The number of methoxy groups -OCH3 is 1. The van der Waals surface area contributed by atoms with Crippen LogP contribution < -0.4 is 25.0 Å². The first-order valence-electron chi connectivity index (χ1n) is 14.0. The first kappa shape index (κ1) is 30.5. The molecular formula is C29H31BrN10O4S. The molecule has 3 aromatic heterocycles.